The van der Waals surface area contributed by atoms with Gasteiger partial charge in [-0.1, -0.05) is 31.0 Å². The number of ketones is 1. The summed E-state index contributed by atoms with van der Waals surface area (Å²) in [7, 11) is 0. The van der Waals surface area contributed by atoms with Gasteiger partial charge in [0.2, 0.25) is 11.7 Å². The number of carbonyl (C=O) groups is 3. The summed E-state index contributed by atoms with van der Waals surface area (Å²) < 4.78 is 2.28. The Bertz CT molecular complexity index is 477. The van der Waals surface area contributed by atoms with Crippen LogP contribution in [0.5, 0.6) is 0 Å². The summed E-state index contributed by atoms with van der Waals surface area (Å²) in [6.45, 7) is 0. The second-order valence-electron chi connectivity index (χ2n) is 4.68. The van der Waals surface area contributed by atoms with Crippen LogP contribution in [0.25, 0.3) is 0 Å². The molecule has 0 spiro atoms. The molecule has 0 aliphatic rings. The predicted octanol–water partition coefficient (Wildman–Crippen LogP) is 3.00. The summed E-state index contributed by atoms with van der Waals surface area (Å²) in [4.78, 5) is 33.9. The standard InChI is InChI=1S/C15H19IN2O3/c16-18-15(21)13(19)10-6-1-2-7-11-14(20)17-12-8-4-3-5-9-12/h3-5,8-9H,1-2,6-7,10-11H2,(H,17,20)(H,18,21). The Morgan fingerprint density at radius 2 is 1.52 bits per heavy atom. The third-order valence-corrected chi connectivity index (χ3v) is 3.44. The minimum Gasteiger partial charge on any atom is -0.326 e. The minimum absolute atomic E-state index is 0.00145. The molecule has 6 heteroatoms. The average Bonchev–Trinajstić information content (AvgIpc) is 2.50. The van der Waals surface area contributed by atoms with E-state index in [0.717, 1.165) is 24.9 Å². The van der Waals surface area contributed by atoms with Crippen molar-refractivity contribution in [3.05, 3.63) is 30.3 Å². The summed E-state index contributed by atoms with van der Waals surface area (Å²) in [5.74, 6) is -0.925. The van der Waals surface area contributed by atoms with Crippen molar-refractivity contribution in [1.82, 2.24) is 3.53 Å². The molecule has 5 nitrogen and oxygen atoms in total. The highest BCUT2D eigenvalue weighted by Crippen LogP contribution is 2.09. The van der Waals surface area contributed by atoms with Gasteiger partial charge in [-0.2, -0.15) is 0 Å². The first-order valence-electron chi connectivity index (χ1n) is 6.92. The number of Topliss-reactive ketones (excluding diaryl/α,β-unsaturated/α-hetero) is 1. The number of halogens is 1. The lowest BCUT2D eigenvalue weighted by Gasteiger charge is -2.04. The van der Waals surface area contributed by atoms with Gasteiger partial charge in [-0.25, -0.2) is 0 Å². The van der Waals surface area contributed by atoms with Gasteiger partial charge in [0.1, 0.15) is 0 Å². The number of para-hydroxylation sites is 1. The zero-order chi connectivity index (χ0) is 15.5. The molecule has 0 radical (unpaired) electrons. The van der Waals surface area contributed by atoms with Gasteiger partial charge in [0.05, 0.1) is 22.9 Å². The van der Waals surface area contributed by atoms with Gasteiger partial charge in [0, 0.05) is 18.5 Å². The van der Waals surface area contributed by atoms with Crippen LogP contribution < -0.4 is 8.85 Å². The van der Waals surface area contributed by atoms with E-state index >= 15 is 0 Å². The molecule has 0 aliphatic carbocycles. The summed E-state index contributed by atoms with van der Waals surface area (Å²) in [5, 5.41) is 2.83. The van der Waals surface area contributed by atoms with Crippen molar-refractivity contribution in [2.75, 3.05) is 5.32 Å². The molecule has 1 aromatic carbocycles. The maximum absolute atomic E-state index is 11.7. The maximum Gasteiger partial charge on any atom is 0.295 e. The molecule has 21 heavy (non-hydrogen) atoms. The molecular weight excluding hydrogens is 383 g/mol. The number of hydrogen-bond acceptors (Lipinski definition) is 3. The molecule has 0 atom stereocenters. The predicted molar refractivity (Wildman–Crippen MR) is 89.9 cm³/mol. The number of unbranched alkanes of at least 4 members (excludes halogenated alkanes) is 3. The maximum atomic E-state index is 11.7. The average molecular weight is 402 g/mol. The van der Waals surface area contributed by atoms with Gasteiger partial charge in [-0.05, 0) is 25.0 Å². The highest BCUT2D eigenvalue weighted by Gasteiger charge is 2.10. The molecule has 0 fully saturated rings. The monoisotopic (exact) mass is 402 g/mol. The number of benzene rings is 1. The smallest absolute Gasteiger partial charge is 0.295 e. The van der Waals surface area contributed by atoms with E-state index in [2.05, 4.69) is 8.85 Å². The largest absolute Gasteiger partial charge is 0.326 e. The van der Waals surface area contributed by atoms with Gasteiger partial charge < -0.3 is 5.32 Å². The van der Waals surface area contributed by atoms with Crippen LogP contribution in [0.2, 0.25) is 0 Å². The van der Waals surface area contributed by atoms with Crippen LogP contribution in [0.4, 0.5) is 5.69 Å². The highest BCUT2D eigenvalue weighted by molar-refractivity contribution is 14.1. The van der Waals surface area contributed by atoms with E-state index < -0.39 is 5.91 Å². The van der Waals surface area contributed by atoms with Crippen molar-refractivity contribution < 1.29 is 14.4 Å². The van der Waals surface area contributed by atoms with Crippen molar-refractivity contribution in [2.24, 2.45) is 0 Å². The lowest BCUT2D eigenvalue weighted by molar-refractivity contribution is -0.136. The van der Waals surface area contributed by atoms with Crippen molar-refractivity contribution in [1.29, 1.82) is 0 Å². The first-order valence-corrected chi connectivity index (χ1v) is 8.00. The topological polar surface area (TPSA) is 75.3 Å². The lowest BCUT2D eigenvalue weighted by Crippen LogP contribution is -2.22. The van der Waals surface area contributed by atoms with Crippen molar-refractivity contribution in [3.63, 3.8) is 0 Å². The van der Waals surface area contributed by atoms with Crippen LogP contribution in [0, 0.1) is 0 Å². The van der Waals surface area contributed by atoms with Crippen LogP contribution in [0.15, 0.2) is 30.3 Å². The molecule has 1 rings (SSSR count). The molecule has 0 aromatic heterocycles. The Morgan fingerprint density at radius 1 is 0.905 bits per heavy atom. The number of carbonyl (C=O) groups excluding carboxylic acids is 3. The van der Waals surface area contributed by atoms with Crippen molar-refractivity contribution in [3.8, 4) is 0 Å². The number of nitrogens with one attached hydrogen (secondary N) is 2. The summed E-state index contributed by atoms with van der Waals surface area (Å²) in [5.41, 5.74) is 0.804. The fraction of sp³-hybridized carbons (Fsp3) is 0.400. The van der Waals surface area contributed by atoms with Crippen LogP contribution in [-0.2, 0) is 14.4 Å². The van der Waals surface area contributed by atoms with E-state index in [4.69, 9.17) is 0 Å². The van der Waals surface area contributed by atoms with E-state index in [0.29, 0.717) is 12.8 Å². The molecule has 0 aliphatic heterocycles. The second-order valence-corrected chi connectivity index (χ2v) is 5.21. The Labute approximate surface area is 138 Å². The van der Waals surface area contributed by atoms with Crippen LogP contribution in [0.3, 0.4) is 0 Å². The minimum atomic E-state index is -0.544. The van der Waals surface area contributed by atoms with Crippen molar-refractivity contribution >= 4 is 46.1 Å². The van der Waals surface area contributed by atoms with E-state index in [1.54, 1.807) is 22.9 Å². The van der Waals surface area contributed by atoms with Gasteiger partial charge in [0.25, 0.3) is 5.91 Å². The molecular formula is C15H19IN2O3. The van der Waals surface area contributed by atoms with E-state index in [-0.39, 0.29) is 18.1 Å². The molecule has 0 saturated heterocycles. The fourth-order valence-corrected chi connectivity index (χ4v) is 2.14. The van der Waals surface area contributed by atoms with Crippen LogP contribution in [-0.4, -0.2) is 17.6 Å². The summed E-state index contributed by atoms with van der Waals surface area (Å²) in [6, 6.07) is 9.34. The Morgan fingerprint density at radius 3 is 2.14 bits per heavy atom. The van der Waals surface area contributed by atoms with Crippen LogP contribution in [0.1, 0.15) is 38.5 Å². The second kappa shape index (κ2) is 10.3. The summed E-state index contributed by atoms with van der Waals surface area (Å²) >= 11 is 1.65. The van der Waals surface area contributed by atoms with E-state index in [1.807, 2.05) is 30.3 Å². The molecule has 0 heterocycles. The third kappa shape index (κ3) is 7.79. The molecule has 1 aromatic rings. The van der Waals surface area contributed by atoms with E-state index in [1.165, 1.54) is 0 Å². The van der Waals surface area contributed by atoms with Gasteiger partial charge in [-0.15, -0.1) is 0 Å². The van der Waals surface area contributed by atoms with E-state index in [9.17, 15) is 14.4 Å². The number of hydrogen-bond donors (Lipinski definition) is 2. The summed E-state index contributed by atoms with van der Waals surface area (Å²) in [6.07, 6.45) is 3.93. The number of rotatable bonds is 9. The number of amides is 2. The highest BCUT2D eigenvalue weighted by atomic mass is 127. The third-order valence-electron chi connectivity index (χ3n) is 2.95. The van der Waals surface area contributed by atoms with Gasteiger partial charge in [-0.3, -0.25) is 17.9 Å². The zero-order valence-electron chi connectivity index (χ0n) is 11.7. The van der Waals surface area contributed by atoms with Crippen LogP contribution >= 0.6 is 22.9 Å². The molecule has 2 N–H and O–H groups in total. The quantitative estimate of drug-likeness (QED) is 0.289. The Kier molecular flexibility index (Phi) is 8.65. The fourth-order valence-electron chi connectivity index (χ4n) is 1.84. The zero-order valence-corrected chi connectivity index (χ0v) is 13.9. The molecule has 2 amide bonds. The molecule has 0 saturated carbocycles. The van der Waals surface area contributed by atoms with Crippen molar-refractivity contribution in [2.45, 2.75) is 38.5 Å². The Balaban J connectivity index is 2.05. The van der Waals surface area contributed by atoms with Gasteiger partial charge >= 0.3 is 0 Å². The normalized spacial score (nSPS) is 9.95. The lowest BCUT2D eigenvalue weighted by atomic mass is 10.1. The molecule has 114 valence electrons. The Hall–Kier alpha value is -1.44. The number of anilines is 1. The first-order chi connectivity index (χ1) is 10.1. The first kappa shape index (κ1) is 17.6. The molecule has 0 bridgehead atoms. The SMILES string of the molecule is O=C(CCCCCCC(=O)C(=O)NI)Nc1ccccc1. The van der Waals surface area contributed by atoms with Gasteiger partial charge in [0.15, 0.2) is 0 Å². The molecule has 0 unspecified atom stereocenters.